The van der Waals surface area contributed by atoms with E-state index in [-0.39, 0.29) is 37.1 Å². The minimum atomic E-state index is -6.40. The smallest absolute Gasteiger partial charge is 0.459 e. The third kappa shape index (κ3) is 11.8. The van der Waals surface area contributed by atoms with E-state index in [9.17, 15) is 40.3 Å². The molecular weight excluding hydrogens is 661 g/mol. The summed E-state index contributed by atoms with van der Waals surface area (Å²) in [5, 5.41) is 0. The topological polar surface area (TPSA) is 71.1 Å². The fourth-order valence-electron chi connectivity index (χ4n) is 4.53. The van der Waals surface area contributed by atoms with Gasteiger partial charge in [-0.2, -0.15) is 30.7 Å². The maximum atomic E-state index is 13.2. The summed E-state index contributed by atoms with van der Waals surface area (Å²) in [4.78, 5) is 25.1. The van der Waals surface area contributed by atoms with Crippen LogP contribution in [0.2, 0.25) is 0 Å². The molecule has 0 amide bonds. The van der Waals surface area contributed by atoms with Gasteiger partial charge in [0.25, 0.3) is 0 Å². The molecule has 1 atom stereocenters. The Morgan fingerprint density at radius 3 is 1.78 bits per heavy atom. The van der Waals surface area contributed by atoms with Crippen molar-refractivity contribution in [3.63, 3.8) is 0 Å². The highest BCUT2D eigenvalue weighted by molar-refractivity contribution is 5.91. The average Bonchev–Trinajstić information content (AvgIpc) is 3.06. The van der Waals surface area contributed by atoms with Crippen LogP contribution in [0.3, 0.4) is 0 Å². The van der Waals surface area contributed by atoms with Gasteiger partial charge in [-0.15, -0.1) is 0 Å². The van der Waals surface area contributed by atoms with Crippen LogP contribution in [0.15, 0.2) is 72.8 Å². The van der Waals surface area contributed by atoms with Gasteiger partial charge in [0.2, 0.25) is 0 Å². The van der Waals surface area contributed by atoms with Crippen LogP contribution in [-0.2, 0) is 9.47 Å². The van der Waals surface area contributed by atoms with Gasteiger partial charge in [0.1, 0.15) is 18.1 Å². The SMILES string of the molecule is CCCCCC[C@H](C)OC(=O)c1ccc(-c2ccc(OC(=O)c3ccc(OCCCCOCC(F)(F)C(F)(F)C(F)(F)F)cc3)cc2)cc1. The van der Waals surface area contributed by atoms with Gasteiger partial charge in [-0.25, -0.2) is 9.59 Å². The monoisotopic (exact) mass is 700 g/mol. The molecule has 0 saturated carbocycles. The number of carbonyl (C=O) groups is 2. The Morgan fingerprint density at radius 1 is 0.653 bits per heavy atom. The lowest BCUT2D eigenvalue weighted by atomic mass is 10.0. The lowest BCUT2D eigenvalue weighted by Gasteiger charge is -2.27. The number of esters is 2. The third-order valence-corrected chi connectivity index (χ3v) is 7.43. The van der Waals surface area contributed by atoms with E-state index in [1.165, 1.54) is 30.7 Å². The number of carbonyl (C=O) groups excluding carboxylic acids is 2. The van der Waals surface area contributed by atoms with Crippen molar-refractivity contribution in [2.75, 3.05) is 19.8 Å². The van der Waals surface area contributed by atoms with Crippen molar-refractivity contribution in [2.24, 2.45) is 0 Å². The van der Waals surface area contributed by atoms with E-state index in [1.54, 1.807) is 36.4 Å². The van der Waals surface area contributed by atoms with Crippen molar-refractivity contribution >= 4 is 11.9 Å². The van der Waals surface area contributed by atoms with E-state index < -0.39 is 37.2 Å². The molecule has 0 N–H and O–H groups in total. The molecule has 0 aromatic heterocycles. The van der Waals surface area contributed by atoms with Crippen molar-refractivity contribution < 1.29 is 59.3 Å². The molecule has 0 aliphatic heterocycles. The number of alkyl halides is 7. The van der Waals surface area contributed by atoms with Crippen LogP contribution in [0.5, 0.6) is 11.5 Å². The first-order valence-corrected chi connectivity index (χ1v) is 15.9. The van der Waals surface area contributed by atoms with Crippen LogP contribution in [0.4, 0.5) is 30.7 Å². The second kappa shape index (κ2) is 18.0. The highest BCUT2D eigenvalue weighted by Crippen LogP contribution is 2.46. The van der Waals surface area contributed by atoms with E-state index in [1.807, 2.05) is 19.1 Å². The zero-order chi connectivity index (χ0) is 36.1. The number of halogens is 7. The van der Waals surface area contributed by atoms with Gasteiger partial charge in [-0.1, -0.05) is 50.5 Å². The summed E-state index contributed by atoms with van der Waals surface area (Å²) in [7, 11) is 0. The van der Waals surface area contributed by atoms with E-state index in [2.05, 4.69) is 11.7 Å². The second-order valence-corrected chi connectivity index (χ2v) is 11.5. The summed E-state index contributed by atoms with van der Waals surface area (Å²) in [5.41, 5.74) is 2.40. The Bertz CT molecular complexity index is 1460. The van der Waals surface area contributed by atoms with Crippen LogP contribution in [-0.4, -0.2) is 55.9 Å². The van der Waals surface area contributed by atoms with Crippen molar-refractivity contribution in [2.45, 2.75) is 82.9 Å². The Hall–Kier alpha value is -4.13. The highest BCUT2D eigenvalue weighted by Gasteiger charge is 2.72. The molecule has 0 aliphatic rings. The molecule has 0 aliphatic carbocycles. The fourth-order valence-corrected chi connectivity index (χ4v) is 4.53. The fraction of sp³-hybridized carbons (Fsp3) is 0.444. The first kappa shape index (κ1) is 39.3. The molecule has 0 spiro atoms. The number of benzene rings is 3. The van der Waals surface area contributed by atoms with Gasteiger partial charge in [-0.3, -0.25) is 0 Å². The Morgan fingerprint density at radius 2 is 1.18 bits per heavy atom. The Balaban J connectivity index is 1.39. The molecule has 3 aromatic rings. The zero-order valence-corrected chi connectivity index (χ0v) is 27.2. The van der Waals surface area contributed by atoms with E-state index in [0.717, 1.165) is 36.8 Å². The van der Waals surface area contributed by atoms with Crippen LogP contribution >= 0.6 is 0 Å². The van der Waals surface area contributed by atoms with E-state index in [4.69, 9.17) is 14.2 Å². The molecule has 0 heterocycles. The van der Waals surface area contributed by atoms with Crippen molar-refractivity contribution in [3.8, 4) is 22.6 Å². The second-order valence-electron chi connectivity index (χ2n) is 11.5. The van der Waals surface area contributed by atoms with Gasteiger partial charge in [0.15, 0.2) is 0 Å². The normalized spacial score (nSPS) is 12.8. The molecular formula is C36H39F7O6. The molecule has 0 saturated heterocycles. The number of unbranched alkanes of at least 4 members (excludes halogenated alkanes) is 4. The molecule has 0 bridgehead atoms. The summed E-state index contributed by atoms with van der Waals surface area (Å²) in [6, 6.07) is 19.8. The van der Waals surface area contributed by atoms with Gasteiger partial charge < -0.3 is 18.9 Å². The standard InChI is InChI=1S/C36H39F7O6/c1-3-4-5-6-9-25(2)48-32(44)28-12-10-26(11-13-28)27-14-20-31(21-15-27)49-33(45)29-16-18-30(19-17-29)47-23-8-7-22-46-24-34(37,38)35(39,40)36(41,42)43/h10-21,25H,3-9,22-24H2,1-2H3/t25-/m0/s1. The molecule has 13 heteroatoms. The Kier molecular flexibility index (Phi) is 14.5. The van der Waals surface area contributed by atoms with Gasteiger partial charge in [0, 0.05) is 6.61 Å². The number of hydrogen-bond acceptors (Lipinski definition) is 6. The van der Waals surface area contributed by atoms with Crippen LogP contribution in [0, 0.1) is 0 Å². The quantitative estimate of drug-likeness (QED) is 0.0537. The predicted molar refractivity (Wildman–Crippen MR) is 168 cm³/mol. The van der Waals surface area contributed by atoms with Gasteiger partial charge in [0.05, 0.1) is 23.8 Å². The van der Waals surface area contributed by atoms with Crippen LogP contribution < -0.4 is 9.47 Å². The molecule has 3 rings (SSSR count). The molecule has 0 radical (unpaired) electrons. The highest BCUT2D eigenvalue weighted by atomic mass is 19.4. The molecule has 0 unspecified atom stereocenters. The maximum absolute atomic E-state index is 13.2. The predicted octanol–water partition coefficient (Wildman–Crippen LogP) is 10.1. The largest absolute Gasteiger partial charge is 0.494 e. The summed E-state index contributed by atoms with van der Waals surface area (Å²) in [5.74, 6) is -11.9. The molecule has 3 aromatic carbocycles. The number of rotatable bonds is 19. The summed E-state index contributed by atoms with van der Waals surface area (Å²) >= 11 is 0. The lowest BCUT2D eigenvalue weighted by Crippen LogP contribution is -2.54. The minimum absolute atomic E-state index is 0.0649. The molecule has 268 valence electrons. The van der Waals surface area contributed by atoms with Crippen molar-refractivity contribution in [1.82, 2.24) is 0 Å². The van der Waals surface area contributed by atoms with E-state index >= 15 is 0 Å². The molecule has 0 fully saturated rings. The third-order valence-electron chi connectivity index (χ3n) is 7.43. The van der Waals surface area contributed by atoms with Gasteiger partial charge in [-0.05, 0) is 92.3 Å². The summed E-state index contributed by atoms with van der Waals surface area (Å²) < 4.78 is 109. The summed E-state index contributed by atoms with van der Waals surface area (Å²) in [6.07, 6.45) is -0.963. The van der Waals surface area contributed by atoms with Crippen molar-refractivity contribution in [1.29, 1.82) is 0 Å². The van der Waals surface area contributed by atoms with E-state index in [0.29, 0.717) is 17.1 Å². The number of ether oxygens (including phenoxy) is 4. The first-order chi connectivity index (χ1) is 23.1. The zero-order valence-electron chi connectivity index (χ0n) is 27.2. The lowest BCUT2D eigenvalue weighted by molar-refractivity contribution is -0.361. The molecule has 49 heavy (non-hydrogen) atoms. The minimum Gasteiger partial charge on any atom is -0.494 e. The van der Waals surface area contributed by atoms with Crippen molar-refractivity contribution in [3.05, 3.63) is 83.9 Å². The summed E-state index contributed by atoms with van der Waals surface area (Å²) in [6.45, 7) is 1.57. The van der Waals surface area contributed by atoms with Crippen LogP contribution in [0.1, 0.15) is 79.5 Å². The Labute approximate surface area is 280 Å². The number of hydrogen-bond donors (Lipinski definition) is 0. The average molecular weight is 701 g/mol. The maximum Gasteiger partial charge on any atom is 0.459 e. The first-order valence-electron chi connectivity index (χ1n) is 15.9. The molecule has 6 nitrogen and oxygen atoms in total. The van der Waals surface area contributed by atoms with Crippen LogP contribution in [0.25, 0.3) is 11.1 Å². The van der Waals surface area contributed by atoms with Gasteiger partial charge >= 0.3 is 30.0 Å².